The van der Waals surface area contributed by atoms with Gasteiger partial charge >= 0.3 is 0 Å². The van der Waals surface area contributed by atoms with Crippen molar-refractivity contribution < 1.29 is 4.39 Å². The van der Waals surface area contributed by atoms with Gasteiger partial charge in [0.15, 0.2) is 5.96 Å². The number of aromatic amines is 1. The van der Waals surface area contributed by atoms with Crippen molar-refractivity contribution in [1.82, 2.24) is 15.6 Å². The predicted molar refractivity (Wildman–Crippen MR) is 126 cm³/mol. The van der Waals surface area contributed by atoms with Crippen molar-refractivity contribution in [1.29, 1.82) is 5.26 Å². The number of nitriles is 1. The molecule has 1 aromatic heterocycles. The van der Waals surface area contributed by atoms with Gasteiger partial charge in [-0.2, -0.15) is 5.26 Å². The molecule has 0 spiro atoms. The number of aliphatic imine (C=N–C) groups is 1. The number of aromatic nitrogens is 1. The van der Waals surface area contributed by atoms with Crippen LogP contribution in [0.2, 0.25) is 0 Å². The highest BCUT2D eigenvalue weighted by Crippen LogP contribution is 2.19. The lowest BCUT2D eigenvalue weighted by molar-refractivity contribution is 0.609. The number of benzene rings is 2. The third-order valence-corrected chi connectivity index (χ3v) is 4.54. The maximum atomic E-state index is 14.0. The second-order valence-corrected chi connectivity index (χ2v) is 6.65. The van der Waals surface area contributed by atoms with E-state index in [-0.39, 0.29) is 30.5 Å². The average molecular weight is 505 g/mol. The van der Waals surface area contributed by atoms with Gasteiger partial charge < -0.3 is 15.6 Å². The third-order valence-electron chi connectivity index (χ3n) is 4.54. The van der Waals surface area contributed by atoms with Gasteiger partial charge in [0.1, 0.15) is 5.82 Å². The molecule has 0 aliphatic carbocycles. The third kappa shape index (κ3) is 5.94. The van der Waals surface area contributed by atoms with E-state index in [0.29, 0.717) is 30.2 Å². The normalized spacial score (nSPS) is 11.0. The molecular weight excluding hydrogens is 480 g/mol. The van der Waals surface area contributed by atoms with Crippen LogP contribution in [0.5, 0.6) is 0 Å². The van der Waals surface area contributed by atoms with Crippen LogP contribution in [0, 0.1) is 24.1 Å². The van der Waals surface area contributed by atoms with Gasteiger partial charge in [-0.05, 0) is 49.6 Å². The van der Waals surface area contributed by atoms with Crippen molar-refractivity contribution in [3.05, 3.63) is 70.7 Å². The summed E-state index contributed by atoms with van der Waals surface area (Å²) < 4.78 is 14.0. The molecule has 29 heavy (non-hydrogen) atoms. The van der Waals surface area contributed by atoms with Crippen LogP contribution >= 0.6 is 24.0 Å². The van der Waals surface area contributed by atoms with Crippen molar-refractivity contribution in [2.24, 2.45) is 4.99 Å². The van der Waals surface area contributed by atoms with E-state index >= 15 is 0 Å². The second-order valence-electron chi connectivity index (χ2n) is 6.65. The van der Waals surface area contributed by atoms with E-state index in [2.05, 4.69) is 45.7 Å². The van der Waals surface area contributed by atoms with E-state index in [0.717, 1.165) is 11.9 Å². The summed E-state index contributed by atoms with van der Waals surface area (Å²) in [5.41, 5.74) is 4.39. The molecule has 2 aromatic carbocycles. The van der Waals surface area contributed by atoms with Crippen molar-refractivity contribution in [3.8, 4) is 6.07 Å². The Bertz CT molecular complexity index is 1040. The maximum absolute atomic E-state index is 14.0. The molecule has 0 bridgehead atoms. The Labute approximate surface area is 187 Å². The molecule has 0 saturated carbocycles. The molecule has 1 heterocycles. The highest BCUT2D eigenvalue weighted by Gasteiger charge is 2.06. The van der Waals surface area contributed by atoms with Crippen molar-refractivity contribution in [2.75, 3.05) is 13.1 Å². The number of fused-ring (bicyclic) bond motifs is 1. The molecule has 5 nitrogen and oxygen atoms in total. The van der Waals surface area contributed by atoms with E-state index in [9.17, 15) is 4.39 Å². The molecule has 3 N–H and O–H groups in total. The summed E-state index contributed by atoms with van der Waals surface area (Å²) in [5, 5.41) is 16.5. The molecule has 0 saturated heterocycles. The van der Waals surface area contributed by atoms with Crippen LogP contribution in [0.25, 0.3) is 10.9 Å². The zero-order valence-electron chi connectivity index (χ0n) is 16.6. The first-order valence-corrected chi connectivity index (χ1v) is 9.38. The number of nitrogens with one attached hydrogen (secondary N) is 3. The summed E-state index contributed by atoms with van der Waals surface area (Å²) in [7, 11) is 0. The molecule has 0 amide bonds. The van der Waals surface area contributed by atoms with Gasteiger partial charge in [-0.1, -0.05) is 18.2 Å². The predicted octanol–water partition coefficient (Wildman–Crippen LogP) is 4.40. The number of aryl methyl sites for hydroxylation is 1. The summed E-state index contributed by atoms with van der Waals surface area (Å²) in [6.07, 6.45) is 2.89. The van der Waals surface area contributed by atoms with E-state index < -0.39 is 5.82 Å². The molecule has 0 radical (unpaired) electrons. The first-order valence-electron chi connectivity index (χ1n) is 9.38. The van der Waals surface area contributed by atoms with Crippen molar-refractivity contribution in [2.45, 2.75) is 26.8 Å². The number of hydrogen-bond acceptors (Lipinski definition) is 2. The van der Waals surface area contributed by atoms with E-state index in [1.165, 1.54) is 22.6 Å². The quantitative estimate of drug-likeness (QED) is 0.264. The summed E-state index contributed by atoms with van der Waals surface area (Å²) >= 11 is 0. The van der Waals surface area contributed by atoms with Gasteiger partial charge in [0.25, 0.3) is 0 Å². The van der Waals surface area contributed by atoms with Crippen molar-refractivity contribution >= 4 is 40.8 Å². The van der Waals surface area contributed by atoms with E-state index in [1.807, 2.05) is 19.2 Å². The van der Waals surface area contributed by atoms with Gasteiger partial charge in [0.05, 0.1) is 18.2 Å². The monoisotopic (exact) mass is 505 g/mol. The number of guanidine groups is 1. The molecule has 3 rings (SSSR count). The number of halogens is 2. The first-order chi connectivity index (χ1) is 13.6. The number of rotatable bonds is 6. The van der Waals surface area contributed by atoms with E-state index in [1.54, 1.807) is 12.1 Å². The maximum Gasteiger partial charge on any atom is 0.191 e. The fraction of sp³-hybridized carbons (Fsp3) is 0.273. The molecule has 0 aliphatic rings. The Morgan fingerprint density at radius 2 is 2.00 bits per heavy atom. The van der Waals surface area contributed by atoms with Gasteiger partial charge in [-0.25, -0.2) is 9.38 Å². The van der Waals surface area contributed by atoms with Crippen LogP contribution in [0.4, 0.5) is 4.39 Å². The molecule has 152 valence electrons. The Morgan fingerprint density at radius 1 is 1.17 bits per heavy atom. The highest BCUT2D eigenvalue weighted by atomic mass is 127. The van der Waals surface area contributed by atoms with Gasteiger partial charge in [0.2, 0.25) is 0 Å². The minimum atomic E-state index is -0.410. The standard InChI is InChI=1S/C22H24FN5.HI/c1-3-25-22(28-14-18-6-5-16(12-24)11-20(18)23)26-9-8-17-13-27-21-10-15(2)4-7-19(17)21;/h4-7,10-11,13,27H,3,8-9,14H2,1-2H3,(H2,25,26,28);1H. The molecule has 0 atom stereocenters. The van der Waals surface area contributed by atoms with Crippen LogP contribution < -0.4 is 10.6 Å². The van der Waals surface area contributed by atoms with Crippen LogP contribution in [0.15, 0.2) is 47.6 Å². The fourth-order valence-electron chi connectivity index (χ4n) is 3.07. The topological polar surface area (TPSA) is 76.0 Å². The van der Waals surface area contributed by atoms with Crippen LogP contribution in [0.3, 0.4) is 0 Å². The number of nitrogens with zero attached hydrogens (tertiary/aromatic N) is 2. The molecule has 0 aliphatic heterocycles. The molecule has 0 unspecified atom stereocenters. The Kier molecular flexibility index (Phi) is 8.46. The lowest BCUT2D eigenvalue weighted by atomic mass is 10.1. The smallest absolute Gasteiger partial charge is 0.191 e. The van der Waals surface area contributed by atoms with E-state index in [4.69, 9.17) is 5.26 Å². The number of hydrogen-bond donors (Lipinski definition) is 3. The largest absolute Gasteiger partial charge is 0.361 e. The van der Waals surface area contributed by atoms with Crippen LogP contribution in [-0.2, 0) is 13.0 Å². The highest BCUT2D eigenvalue weighted by molar-refractivity contribution is 14.0. The minimum absolute atomic E-state index is 0. The van der Waals surface area contributed by atoms with Crippen LogP contribution in [-0.4, -0.2) is 24.0 Å². The molecule has 0 fully saturated rings. The van der Waals surface area contributed by atoms with Gasteiger partial charge in [-0.15, -0.1) is 24.0 Å². The summed E-state index contributed by atoms with van der Waals surface area (Å²) in [6.45, 7) is 5.70. The SMILES string of the molecule is CCNC(=NCc1ccc(C#N)cc1F)NCCc1c[nH]c2cc(C)ccc12.I. The molecular formula is C22H25FIN5. The zero-order valence-corrected chi connectivity index (χ0v) is 18.9. The summed E-state index contributed by atoms with van der Waals surface area (Å²) in [4.78, 5) is 7.77. The lowest BCUT2D eigenvalue weighted by Gasteiger charge is -2.11. The van der Waals surface area contributed by atoms with Gasteiger partial charge in [0, 0.05) is 35.8 Å². The fourth-order valence-corrected chi connectivity index (χ4v) is 3.07. The summed E-state index contributed by atoms with van der Waals surface area (Å²) in [6, 6.07) is 12.8. The Hall–Kier alpha value is -2.60. The first kappa shape index (κ1) is 22.7. The van der Waals surface area contributed by atoms with Gasteiger partial charge in [-0.3, -0.25) is 0 Å². The zero-order chi connectivity index (χ0) is 19.9. The van der Waals surface area contributed by atoms with Crippen molar-refractivity contribution in [3.63, 3.8) is 0 Å². The molecule has 3 aromatic rings. The Balaban J connectivity index is 0.00000300. The number of H-pyrrole nitrogens is 1. The molecule has 7 heteroatoms. The minimum Gasteiger partial charge on any atom is -0.361 e. The second kappa shape index (κ2) is 10.8. The summed E-state index contributed by atoms with van der Waals surface area (Å²) in [5.74, 6) is 0.231. The Morgan fingerprint density at radius 3 is 2.72 bits per heavy atom. The lowest BCUT2D eigenvalue weighted by Crippen LogP contribution is -2.38. The van der Waals surface area contributed by atoms with Crippen LogP contribution in [0.1, 0.15) is 29.2 Å². The average Bonchev–Trinajstić information content (AvgIpc) is 3.08.